The molecule has 1 N–H and O–H groups in total. The molecule has 0 saturated carbocycles. The standard InChI is InChI=1S/C18H15Cl2NO3/c1-18(9-11-4-2-3-5-14(11)16(22)24-18)17(23)21-10-12-6-7-13(19)8-15(12)20/h2-8H,9-10H2,1H3,(H,21,23). The van der Waals surface area contributed by atoms with E-state index in [2.05, 4.69) is 5.32 Å². The van der Waals surface area contributed by atoms with Gasteiger partial charge in [0.2, 0.25) is 0 Å². The van der Waals surface area contributed by atoms with Crippen molar-refractivity contribution < 1.29 is 14.3 Å². The minimum Gasteiger partial charge on any atom is -0.445 e. The highest BCUT2D eigenvalue weighted by atomic mass is 35.5. The highest BCUT2D eigenvalue weighted by molar-refractivity contribution is 6.35. The van der Waals surface area contributed by atoms with Crippen molar-refractivity contribution in [3.63, 3.8) is 0 Å². The number of nitrogens with one attached hydrogen (secondary N) is 1. The Kier molecular flexibility index (Phi) is 4.52. The quantitative estimate of drug-likeness (QED) is 0.844. The molecule has 24 heavy (non-hydrogen) atoms. The van der Waals surface area contributed by atoms with Gasteiger partial charge in [0.1, 0.15) is 0 Å². The Morgan fingerprint density at radius 3 is 2.75 bits per heavy atom. The van der Waals surface area contributed by atoms with Crippen LogP contribution in [-0.4, -0.2) is 17.5 Å². The number of carbonyl (C=O) groups excluding carboxylic acids is 2. The van der Waals surface area contributed by atoms with Crippen molar-refractivity contribution in [2.75, 3.05) is 0 Å². The zero-order valence-electron chi connectivity index (χ0n) is 12.9. The maximum Gasteiger partial charge on any atom is 0.339 e. The van der Waals surface area contributed by atoms with Gasteiger partial charge in [-0.15, -0.1) is 0 Å². The second-order valence-corrected chi connectivity index (χ2v) is 6.72. The van der Waals surface area contributed by atoms with Gasteiger partial charge in [-0.2, -0.15) is 0 Å². The summed E-state index contributed by atoms with van der Waals surface area (Å²) < 4.78 is 5.39. The number of benzene rings is 2. The number of hydrogen-bond acceptors (Lipinski definition) is 3. The summed E-state index contributed by atoms with van der Waals surface area (Å²) >= 11 is 12.0. The van der Waals surface area contributed by atoms with E-state index >= 15 is 0 Å². The fourth-order valence-corrected chi connectivity index (χ4v) is 3.16. The summed E-state index contributed by atoms with van der Waals surface area (Å²) in [6, 6.07) is 12.2. The van der Waals surface area contributed by atoms with Crippen LogP contribution >= 0.6 is 23.2 Å². The van der Waals surface area contributed by atoms with Crippen LogP contribution in [0.5, 0.6) is 0 Å². The summed E-state index contributed by atoms with van der Waals surface area (Å²) in [5, 5.41) is 3.78. The average Bonchev–Trinajstić information content (AvgIpc) is 2.53. The first kappa shape index (κ1) is 16.8. The zero-order valence-corrected chi connectivity index (χ0v) is 14.4. The number of hydrogen-bond donors (Lipinski definition) is 1. The number of ether oxygens (including phenoxy) is 1. The highest BCUT2D eigenvalue weighted by Crippen LogP contribution is 2.28. The lowest BCUT2D eigenvalue weighted by atomic mass is 9.89. The van der Waals surface area contributed by atoms with Crippen LogP contribution in [0.15, 0.2) is 42.5 Å². The van der Waals surface area contributed by atoms with E-state index in [1.807, 2.05) is 12.1 Å². The molecule has 1 heterocycles. The topological polar surface area (TPSA) is 55.4 Å². The first-order chi connectivity index (χ1) is 11.4. The third-order valence-corrected chi connectivity index (χ3v) is 4.60. The van der Waals surface area contributed by atoms with E-state index in [1.165, 1.54) is 0 Å². The van der Waals surface area contributed by atoms with Gasteiger partial charge >= 0.3 is 5.97 Å². The Morgan fingerprint density at radius 2 is 2.00 bits per heavy atom. The summed E-state index contributed by atoms with van der Waals surface area (Å²) in [5.41, 5.74) is 0.796. The lowest BCUT2D eigenvalue weighted by Crippen LogP contribution is -2.51. The number of halogens is 2. The van der Waals surface area contributed by atoms with Crippen molar-refractivity contribution in [2.24, 2.45) is 0 Å². The number of cyclic esters (lactones) is 1. The van der Waals surface area contributed by atoms with Crippen LogP contribution < -0.4 is 5.32 Å². The van der Waals surface area contributed by atoms with E-state index in [4.69, 9.17) is 27.9 Å². The lowest BCUT2D eigenvalue weighted by Gasteiger charge is -2.33. The lowest BCUT2D eigenvalue weighted by molar-refractivity contribution is -0.139. The zero-order chi connectivity index (χ0) is 17.3. The molecule has 6 heteroatoms. The molecule has 1 amide bonds. The van der Waals surface area contributed by atoms with Crippen LogP contribution in [0.2, 0.25) is 10.0 Å². The van der Waals surface area contributed by atoms with Crippen molar-refractivity contribution in [1.82, 2.24) is 5.32 Å². The monoisotopic (exact) mass is 363 g/mol. The Bertz CT molecular complexity index is 822. The van der Waals surface area contributed by atoms with Crippen molar-refractivity contribution in [1.29, 1.82) is 0 Å². The van der Waals surface area contributed by atoms with Gasteiger partial charge in [-0.25, -0.2) is 4.79 Å². The molecule has 1 unspecified atom stereocenters. The van der Waals surface area contributed by atoms with E-state index in [-0.39, 0.29) is 12.5 Å². The molecule has 0 bridgehead atoms. The van der Waals surface area contributed by atoms with Crippen molar-refractivity contribution in [2.45, 2.75) is 25.5 Å². The maximum absolute atomic E-state index is 12.6. The summed E-state index contributed by atoms with van der Waals surface area (Å²) in [6.07, 6.45) is 0.328. The minimum atomic E-state index is -1.25. The van der Waals surface area contributed by atoms with Gasteiger partial charge < -0.3 is 10.1 Å². The molecule has 1 aliphatic heterocycles. The fraction of sp³-hybridized carbons (Fsp3) is 0.222. The molecule has 124 valence electrons. The van der Waals surface area contributed by atoms with E-state index in [0.717, 1.165) is 11.1 Å². The van der Waals surface area contributed by atoms with Gasteiger partial charge in [-0.3, -0.25) is 4.79 Å². The Morgan fingerprint density at radius 1 is 1.25 bits per heavy atom. The molecule has 1 aliphatic rings. The van der Waals surface area contributed by atoms with Crippen LogP contribution in [0.4, 0.5) is 0 Å². The maximum atomic E-state index is 12.6. The summed E-state index contributed by atoms with van der Waals surface area (Å²) in [4.78, 5) is 24.7. The van der Waals surface area contributed by atoms with Gasteiger partial charge in [-0.05, 0) is 36.2 Å². The smallest absolute Gasteiger partial charge is 0.339 e. The third-order valence-electron chi connectivity index (χ3n) is 4.02. The molecule has 0 aliphatic carbocycles. The Balaban J connectivity index is 1.74. The normalized spacial score (nSPS) is 19.4. The van der Waals surface area contributed by atoms with Crippen molar-refractivity contribution in [3.8, 4) is 0 Å². The molecule has 0 aromatic heterocycles. The second-order valence-electron chi connectivity index (χ2n) is 5.87. The van der Waals surface area contributed by atoms with E-state index in [9.17, 15) is 9.59 Å². The van der Waals surface area contributed by atoms with Gasteiger partial charge in [-0.1, -0.05) is 47.5 Å². The van der Waals surface area contributed by atoms with Crippen LogP contribution in [0.3, 0.4) is 0 Å². The Labute approximate surface area is 149 Å². The summed E-state index contributed by atoms with van der Waals surface area (Å²) in [6.45, 7) is 1.84. The summed E-state index contributed by atoms with van der Waals surface area (Å²) in [7, 11) is 0. The molecule has 0 radical (unpaired) electrons. The van der Waals surface area contributed by atoms with Gasteiger partial charge in [0.05, 0.1) is 5.56 Å². The molecule has 2 aromatic carbocycles. The van der Waals surface area contributed by atoms with E-state index in [0.29, 0.717) is 22.0 Å². The van der Waals surface area contributed by atoms with Crippen LogP contribution in [0.25, 0.3) is 0 Å². The average molecular weight is 364 g/mol. The predicted octanol–water partition coefficient (Wildman–Crippen LogP) is 3.78. The van der Waals surface area contributed by atoms with E-state index in [1.54, 1.807) is 37.3 Å². The minimum absolute atomic E-state index is 0.226. The number of carbonyl (C=O) groups is 2. The number of rotatable bonds is 3. The van der Waals surface area contributed by atoms with Crippen molar-refractivity contribution >= 4 is 35.1 Å². The second kappa shape index (κ2) is 6.46. The van der Waals surface area contributed by atoms with Gasteiger partial charge in [0.15, 0.2) is 5.60 Å². The largest absolute Gasteiger partial charge is 0.445 e. The highest BCUT2D eigenvalue weighted by Gasteiger charge is 2.42. The number of amides is 1. The molecule has 4 nitrogen and oxygen atoms in total. The fourth-order valence-electron chi connectivity index (χ4n) is 2.69. The van der Waals surface area contributed by atoms with Gasteiger partial charge in [0, 0.05) is 23.0 Å². The molecule has 3 rings (SSSR count). The van der Waals surface area contributed by atoms with Crippen LogP contribution in [0, 0.1) is 0 Å². The number of esters is 1. The van der Waals surface area contributed by atoms with Crippen LogP contribution in [-0.2, 0) is 22.5 Å². The first-order valence-corrected chi connectivity index (χ1v) is 8.18. The van der Waals surface area contributed by atoms with Crippen LogP contribution in [0.1, 0.15) is 28.4 Å². The third kappa shape index (κ3) is 3.25. The summed E-state index contributed by atoms with van der Waals surface area (Å²) in [5.74, 6) is -0.851. The Hall–Kier alpha value is -2.04. The van der Waals surface area contributed by atoms with Crippen molar-refractivity contribution in [3.05, 3.63) is 69.2 Å². The molecular weight excluding hydrogens is 349 g/mol. The van der Waals surface area contributed by atoms with Gasteiger partial charge in [0.25, 0.3) is 5.91 Å². The van der Waals surface area contributed by atoms with E-state index < -0.39 is 11.6 Å². The molecular formula is C18H15Cl2NO3. The molecule has 0 spiro atoms. The molecule has 2 aromatic rings. The predicted molar refractivity (Wildman–Crippen MR) is 92.3 cm³/mol. The molecule has 0 saturated heterocycles. The molecule has 1 atom stereocenters. The SMILES string of the molecule is CC1(C(=O)NCc2ccc(Cl)cc2Cl)Cc2ccccc2C(=O)O1. The first-order valence-electron chi connectivity index (χ1n) is 7.42. The molecule has 0 fully saturated rings. The number of fused-ring (bicyclic) bond motifs is 1.